The van der Waals surface area contributed by atoms with Gasteiger partial charge in [0.25, 0.3) is 0 Å². The maximum absolute atomic E-state index is 9.68. The standard InChI is InChI=1S/C10H19NO/c1-2-8-11-9-6-4-3-5-7-10(9)12/h2,9-12H,1,3-8H2. The molecule has 0 bridgehead atoms. The Morgan fingerprint density at radius 2 is 2.08 bits per heavy atom. The molecule has 2 heteroatoms. The number of aliphatic hydroxyl groups excluding tert-OH is 1. The molecule has 0 radical (unpaired) electrons. The van der Waals surface area contributed by atoms with Crippen molar-refractivity contribution in [2.24, 2.45) is 0 Å². The molecule has 2 unspecified atom stereocenters. The summed E-state index contributed by atoms with van der Waals surface area (Å²) in [5, 5.41) is 13.0. The Hall–Kier alpha value is -0.340. The Bertz CT molecular complexity index is 136. The van der Waals surface area contributed by atoms with E-state index in [1.807, 2.05) is 6.08 Å². The van der Waals surface area contributed by atoms with Crippen molar-refractivity contribution in [2.45, 2.75) is 44.2 Å². The second-order valence-electron chi connectivity index (χ2n) is 3.51. The van der Waals surface area contributed by atoms with Gasteiger partial charge in [0, 0.05) is 12.6 Å². The van der Waals surface area contributed by atoms with Crippen molar-refractivity contribution in [3.05, 3.63) is 12.7 Å². The van der Waals surface area contributed by atoms with E-state index in [4.69, 9.17) is 0 Å². The van der Waals surface area contributed by atoms with Crippen LogP contribution in [0.3, 0.4) is 0 Å². The van der Waals surface area contributed by atoms with Gasteiger partial charge in [-0.1, -0.05) is 25.3 Å². The Morgan fingerprint density at radius 3 is 2.83 bits per heavy atom. The molecule has 1 aliphatic rings. The third-order valence-corrected chi connectivity index (χ3v) is 2.50. The molecular weight excluding hydrogens is 150 g/mol. The summed E-state index contributed by atoms with van der Waals surface area (Å²) in [5.74, 6) is 0. The predicted molar refractivity (Wildman–Crippen MR) is 51.1 cm³/mol. The highest BCUT2D eigenvalue weighted by Crippen LogP contribution is 2.17. The third kappa shape index (κ3) is 2.95. The van der Waals surface area contributed by atoms with E-state index in [9.17, 15) is 5.11 Å². The number of nitrogens with one attached hydrogen (secondary N) is 1. The van der Waals surface area contributed by atoms with E-state index in [-0.39, 0.29) is 6.10 Å². The van der Waals surface area contributed by atoms with Crippen LogP contribution in [0.25, 0.3) is 0 Å². The van der Waals surface area contributed by atoms with Gasteiger partial charge < -0.3 is 10.4 Å². The molecule has 1 aliphatic carbocycles. The van der Waals surface area contributed by atoms with Gasteiger partial charge in [0.15, 0.2) is 0 Å². The van der Waals surface area contributed by atoms with Crippen molar-refractivity contribution in [1.82, 2.24) is 5.32 Å². The summed E-state index contributed by atoms with van der Waals surface area (Å²) in [6.45, 7) is 4.46. The van der Waals surface area contributed by atoms with Crippen LogP contribution >= 0.6 is 0 Å². The lowest BCUT2D eigenvalue weighted by molar-refractivity contribution is 0.122. The smallest absolute Gasteiger partial charge is 0.0693 e. The van der Waals surface area contributed by atoms with Gasteiger partial charge in [-0.15, -0.1) is 6.58 Å². The van der Waals surface area contributed by atoms with E-state index < -0.39 is 0 Å². The van der Waals surface area contributed by atoms with E-state index in [1.165, 1.54) is 19.3 Å². The first-order chi connectivity index (χ1) is 5.84. The number of hydrogen-bond acceptors (Lipinski definition) is 2. The molecule has 1 rings (SSSR count). The Kier molecular flexibility index (Phi) is 4.33. The maximum atomic E-state index is 9.68. The van der Waals surface area contributed by atoms with Crippen LogP contribution in [0.1, 0.15) is 32.1 Å². The first kappa shape index (κ1) is 9.75. The van der Waals surface area contributed by atoms with E-state index in [0.717, 1.165) is 19.4 Å². The summed E-state index contributed by atoms with van der Waals surface area (Å²) in [7, 11) is 0. The Balaban J connectivity index is 2.31. The number of aliphatic hydroxyl groups is 1. The predicted octanol–water partition coefficient (Wildman–Crippen LogP) is 1.46. The first-order valence-corrected chi connectivity index (χ1v) is 4.87. The molecule has 0 heterocycles. The van der Waals surface area contributed by atoms with Crippen LogP contribution in [0.4, 0.5) is 0 Å². The fourth-order valence-corrected chi connectivity index (χ4v) is 1.76. The average Bonchev–Trinajstić information content (AvgIpc) is 2.27. The van der Waals surface area contributed by atoms with Crippen LogP contribution in [-0.4, -0.2) is 23.8 Å². The van der Waals surface area contributed by atoms with Crippen LogP contribution in [0.2, 0.25) is 0 Å². The zero-order valence-electron chi connectivity index (χ0n) is 7.63. The van der Waals surface area contributed by atoms with Crippen LogP contribution in [-0.2, 0) is 0 Å². The van der Waals surface area contributed by atoms with Crippen LogP contribution < -0.4 is 5.32 Å². The summed E-state index contributed by atoms with van der Waals surface area (Å²) in [5.41, 5.74) is 0. The van der Waals surface area contributed by atoms with Crippen LogP contribution in [0.5, 0.6) is 0 Å². The Labute approximate surface area is 74.7 Å². The van der Waals surface area contributed by atoms with Gasteiger partial charge >= 0.3 is 0 Å². The highest BCUT2D eigenvalue weighted by Gasteiger charge is 2.19. The average molecular weight is 169 g/mol. The molecule has 1 saturated carbocycles. The van der Waals surface area contributed by atoms with Gasteiger partial charge in [-0.3, -0.25) is 0 Å². The zero-order chi connectivity index (χ0) is 8.81. The first-order valence-electron chi connectivity index (χ1n) is 4.87. The lowest BCUT2D eigenvalue weighted by Crippen LogP contribution is -2.39. The molecule has 0 saturated heterocycles. The van der Waals surface area contributed by atoms with E-state index in [0.29, 0.717) is 6.04 Å². The molecule has 2 N–H and O–H groups in total. The highest BCUT2D eigenvalue weighted by atomic mass is 16.3. The lowest BCUT2D eigenvalue weighted by Gasteiger charge is -2.20. The fraction of sp³-hybridized carbons (Fsp3) is 0.800. The van der Waals surface area contributed by atoms with Crippen LogP contribution in [0.15, 0.2) is 12.7 Å². The van der Waals surface area contributed by atoms with Crippen molar-refractivity contribution in [3.63, 3.8) is 0 Å². The summed E-state index contributed by atoms with van der Waals surface area (Å²) >= 11 is 0. The van der Waals surface area contributed by atoms with Crippen molar-refractivity contribution in [1.29, 1.82) is 0 Å². The zero-order valence-corrected chi connectivity index (χ0v) is 7.63. The van der Waals surface area contributed by atoms with Gasteiger partial charge in [-0.2, -0.15) is 0 Å². The second kappa shape index (κ2) is 5.33. The molecule has 70 valence electrons. The van der Waals surface area contributed by atoms with Gasteiger partial charge in [0.1, 0.15) is 0 Å². The van der Waals surface area contributed by atoms with E-state index in [2.05, 4.69) is 11.9 Å². The fourth-order valence-electron chi connectivity index (χ4n) is 1.76. The molecule has 2 nitrogen and oxygen atoms in total. The summed E-state index contributed by atoms with van der Waals surface area (Å²) < 4.78 is 0. The minimum atomic E-state index is -0.146. The van der Waals surface area contributed by atoms with Gasteiger partial charge in [-0.05, 0) is 12.8 Å². The normalized spacial score (nSPS) is 31.1. The van der Waals surface area contributed by atoms with Crippen molar-refractivity contribution in [3.8, 4) is 0 Å². The minimum absolute atomic E-state index is 0.146. The number of hydrogen-bond donors (Lipinski definition) is 2. The summed E-state index contributed by atoms with van der Waals surface area (Å²) in [4.78, 5) is 0. The molecule has 0 aromatic carbocycles. The topological polar surface area (TPSA) is 32.3 Å². The van der Waals surface area contributed by atoms with Crippen molar-refractivity contribution < 1.29 is 5.11 Å². The molecule has 1 fully saturated rings. The van der Waals surface area contributed by atoms with Gasteiger partial charge in [0.2, 0.25) is 0 Å². The van der Waals surface area contributed by atoms with Crippen LogP contribution in [0, 0.1) is 0 Å². The van der Waals surface area contributed by atoms with Gasteiger partial charge in [-0.25, -0.2) is 0 Å². The van der Waals surface area contributed by atoms with Crippen molar-refractivity contribution >= 4 is 0 Å². The monoisotopic (exact) mass is 169 g/mol. The molecule has 0 spiro atoms. The minimum Gasteiger partial charge on any atom is -0.392 e. The van der Waals surface area contributed by atoms with E-state index in [1.54, 1.807) is 0 Å². The van der Waals surface area contributed by atoms with E-state index >= 15 is 0 Å². The second-order valence-corrected chi connectivity index (χ2v) is 3.51. The molecule has 12 heavy (non-hydrogen) atoms. The summed E-state index contributed by atoms with van der Waals surface area (Å²) in [6.07, 6.45) is 7.44. The molecule has 0 amide bonds. The summed E-state index contributed by atoms with van der Waals surface area (Å²) in [6, 6.07) is 0.297. The molecule has 0 aromatic heterocycles. The molecular formula is C10H19NO. The number of rotatable bonds is 3. The molecule has 0 aromatic rings. The molecule has 0 aliphatic heterocycles. The largest absolute Gasteiger partial charge is 0.392 e. The SMILES string of the molecule is C=CCNC1CCCCCC1O. The maximum Gasteiger partial charge on any atom is 0.0693 e. The lowest BCUT2D eigenvalue weighted by atomic mass is 10.1. The molecule has 2 atom stereocenters. The van der Waals surface area contributed by atoms with Gasteiger partial charge in [0.05, 0.1) is 6.10 Å². The Morgan fingerprint density at radius 1 is 1.33 bits per heavy atom. The highest BCUT2D eigenvalue weighted by molar-refractivity contribution is 4.82. The third-order valence-electron chi connectivity index (χ3n) is 2.50. The quantitative estimate of drug-likeness (QED) is 0.495. The van der Waals surface area contributed by atoms with Crippen molar-refractivity contribution in [2.75, 3.05) is 6.54 Å².